The molecule has 0 unspecified atom stereocenters. The Morgan fingerprint density at radius 2 is 1.74 bits per heavy atom. The van der Waals surface area contributed by atoms with E-state index >= 15 is 0 Å². The summed E-state index contributed by atoms with van der Waals surface area (Å²) in [5.74, 6) is 0.189. The van der Waals surface area contributed by atoms with Crippen LogP contribution in [0.15, 0.2) is 60.7 Å². The standard InChI is InChI=1S/C27H21N3O4/c1-33-19-9-12-23-21(15-19)22(26(31)28-23)13-17-5-10-20-24(29-30-25(20)14-17)11-6-16-3-7-18(8-4-16)27(32)34-2/h3-15H,1-2H3,(H,28,31)(H,29,30)/b11-6+,22-13?. The highest BCUT2D eigenvalue weighted by Gasteiger charge is 2.24. The molecule has 0 bridgehead atoms. The van der Waals surface area contributed by atoms with Crippen molar-refractivity contribution in [1.82, 2.24) is 10.2 Å². The Morgan fingerprint density at radius 1 is 0.941 bits per heavy atom. The van der Waals surface area contributed by atoms with Crippen LogP contribution in [0.25, 0.3) is 34.7 Å². The molecule has 1 amide bonds. The smallest absolute Gasteiger partial charge is 0.337 e. The third kappa shape index (κ3) is 3.95. The maximum absolute atomic E-state index is 12.5. The van der Waals surface area contributed by atoms with Gasteiger partial charge < -0.3 is 14.8 Å². The van der Waals surface area contributed by atoms with Gasteiger partial charge in [-0.25, -0.2) is 4.79 Å². The number of esters is 1. The number of fused-ring (bicyclic) bond motifs is 2. The summed E-state index contributed by atoms with van der Waals surface area (Å²) in [7, 11) is 2.96. The van der Waals surface area contributed by atoms with Crippen molar-refractivity contribution in [2.24, 2.45) is 0 Å². The Kier molecular flexibility index (Phi) is 5.43. The minimum Gasteiger partial charge on any atom is -0.497 e. The largest absolute Gasteiger partial charge is 0.497 e. The molecular weight excluding hydrogens is 430 g/mol. The zero-order valence-electron chi connectivity index (χ0n) is 18.6. The van der Waals surface area contributed by atoms with Crippen LogP contribution in [0.3, 0.4) is 0 Å². The van der Waals surface area contributed by atoms with Crippen LogP contribution in [-0.2, 0) is 9.53 Å². The third-order valence-electron chi connectivity index (χ3n) is 5.70. The molecule has 5 rings (SSSR count). The quantitative estimate of drug-likeness (QED) is 0.328. The van der Waals surface area contributed by atoms with E-state index in [-0.39, 0.29) is 11.9 Å². The summed E-state index contributed by atoms with van der Waals surface area (Å²) in [6.45, 7) is 0. The van der Waals surface area contributed by atoms with E-state index in [1.807, 2.05) is 66.8 Å². The summed E-state index contributed by atoms with van der Waals surface area (Å²) >= 11 is 0. The van der Waals surface area contributed by atoms with Crippen molar-refractivity contribution in [2.75, 3.05) is 19.5 Å². The summed E-state index contributed by atoms with van der Waals surface area (Å²) in [5.41, 5.74) is 6.14. The summed E-state index contributed by atoms with van der Waals surface area (Å²) in [6, 6.07) is 18.6. The maximum atomic E-state index is 12.5. The molecule has 2 N–H and O–H groups in total. The lowest BCUT2D eigenvalue weighted by molar-refractivity contribution is -0.110. The fraction of sp³-hybridized carbons (Fsp3) is 0.0741. The molecular formula is C27H21N3O4. The molecule has 1 aromatic heterocycles. The molecule has 1 aliphatic rings. The number of anilines is 1. The van der Waals surface area contributed by atoms with E-state index in [4.69, 9.17) is 9.47 Å². The van der Waals surface area contributed by atoms with Crippen molar-refractivity contribution in [2.45, 2.75) is 0 Å². The summed E-state index contributed by atoms with van der Waals surface area (Å²) < 4.78 is 10.0. The van der Waals surface area contributed by atoms with E-state index in [0.717, 1.165) is 39.0 Å². The van der Waals surface area contributed by atoms with E-state index in [1.54, 1.807) is 19.2 Å². The van der Waals surface area contributed by atoms with Gasteiger partial charge in [0.2, 0.25) is 0 Å². The molecule has 0 spiro atoms. The van der Waals surface area contributed by atoms with Crippen molar-refractivity contribution in [3.05, 3.63) is 88.6 Å². The molecule has 3 aromatic carbocycles. The molecule has 0 aliphatic carbocycles. The van der Waals surface area contributed by atoms with Gasteiger partial charge in [0.05, 0.1) is 31.0 Å². The zero-order chi connectivity index (χ0) is 23.7. The van der Waals surface area contributed by atoms with Gasteiger partial charge in [0, 0.05) is 22.2 Å². The number of carbonyl (C=O) groups is 2. The van der Waals surface area contributed by atoms with E-state index < -0.39 is 0 Å². The molecule has 2 heterocycles. The van der Waals surface area contributed by atoms with E-state index in [9.17, 15) is 9.59 Å². The molecule has 7 heteroatoms. The van der Waals surface area contributed by atoms with Crippen LogP contribution in [0.1, 0.15) is 32.7 Å². The Labute approximate surface area is 195 Å². The maximum Gasteiger partial charge on any atom is 0.337 e. The number of methoxy groups -OCH3 is 2. The van der Waals surface area contributed by atoms with E-state index in [1.165, 1.54) is 7.11 Å². The van der Waals surface area contributed by atoms with Crippen LogP contribution in [0.5, 0.6) is 5.75 Å². The number of hydrogen-bond donors (Lipinski definition) is 2. The average Bonchev–Trinajstić information content (AvgIpc) is 3.42. The van der Waals surface area contributed by atoms with Gasteiger partial charge in [-0.1, -0.05) is 24.3 Å². The number of hydrogen-bond acceptors (Lipinski definition) is 5. The molecule has 34 heavy (non-hydrogen) atoms. The first-order valence-electron chi connectivity index (χ1n) is 10.6. The average molecular weight is 451 g/mol. The molecule has 4 aromatic rings. The van der Waals surface area contributed by atoms with Crippen molar-refractivity contribution >= 4 is 52.3 Å². The van der Waals surface area contributed by atoms with Crippen molar-refractivity contribution in [3.63, 3.8) is 0 Å². The second-order valence-corrected chi connectivity index (χ2v) is 7.78. The number of carbonyl (C=O) groups excluding carboxylic acids is 2. The van der Waals surface area contributed by atoms with Crippen molar-refractivity contribution in [1.29, 1.82) is 0 Å². The number of aromatic amines is 1. The number of nitrogens with one attached hydrogen (secondary N) is 2. The number of aromatic nitrogens is 2. The molecule has 7 nitrogen and oxygen atoms in total. The van der Waals surface area contributed by atoms with Crippen LogP contribution in [0.4, 0.5) is 5.69 Å². The van der Waals surface area contributed by atoms with Gasteiger partial charge in [-0.2, -0.15) is 5.10 Å². The Bertz CT molecular complexity index is 1480. The Balaban J connectivity index is 1.41. The fourth-order valence-corrected chi connectivity index (χ4v) is 3.90. The molecule has 0 saturated carbocycles. The predicted octanol–water partition coefficient (Wildman–Crippen LogP) is 5.02. The molecule has 0 fully saturated rings. The van der Waals surface area contributed by atoms with Crippen LogP contribution in [-0.4, -0.2) is 36.3 Å². The molecule has 168 valence electrons. The second-order valence-electron chi connectivity index (χ2n) is 7.78. The van der Waals surface area contributed by atoms with Crippen LogP contribution < -0.4 is 10.1 Å². The zero-order valence-corrected chi connectivity index (χ0v) is 18.6. The Hall–Kier alpha value is -4.65. The molecule has 0 saturated heterocycles. The topological polar surface area (TPSA) is 93.3 Å². The lowest BCUT2D eigenvalue weighted by atomic mass is 10.0. The van der Waals surface area contributed by atoms with Gasteiger partial charge >= 0.3 is 5.97 Å². The highest BCUT2D eigenvalue weighted by molar-refractivity contribution is 6.35. The third-order valence-corrected chi connectivity index (χ3v) is 5.70. The lowest BCUT2D eigenvalue weighted by Gasteiger charge is -2.03. The lowest BCUT2D eigenvalue weighted by Crippen LogP contribution is -2.03. The summed E-state index contributed by atoms with van der Waals surface area (Å²) in [5, 5.41) is 11.3. The van der Waals surface area contributed by atoms with Crippen LogP contribution in [0, 0.1) is 0 Å². The van der Waals surface area contributed by atoms with Crippen molar-refractivity contribution in [3.8, 4) is 5.75 Å². The van der Waals surface area contributed by atoms with Gasteiger partial charge in [-0.3, -0.25) is 9.89 Å². The first-order chi connectivity index (χ1) is 16.6. The summed E-state index contributed by atoms with van der Waals surface area (Å²) in [4.78, 5) is 24.1. The van der Waals surface area contributed by atoms with Crippen LogP contribution in [0.2, 0.25) is 0 Å². The minimum atomic E-state index is -0.364. The normalized spacial score (nSPS) is 13.9. The number of nitrogens with zero attached hydrogens (tertiary/aromatic N) is 1. The number of rotatable bonds is 5. The van der Waals surface area contributed by atoms with Gasteiger partial charge in [0.15, 0.2) is 0 Å². The SMILES string of the molecule is COC(=O)c1ccc(/C=C/c2n[nH]c3cc(C=C4C(=O)Nc5ccc(OC)cc54)ccc23)cc1. The highest BCUT2D eigenvalue weighted by Crippen LogP contribution is 2.36. The van der Waals surface area contributed by atoms with Gasteiger partial charge in [-0.05, 0) is 65.7 Å². The van der Waals surface area contributed by atoms with Gasteiger partial charge in [-0.15, -0.1) is 0 Å². The Morgan fingerprint density at radius 3 is 2.50 bits per heavy atom. The number of benzene rings is 3. The van der Waals surface area contributed by atoms with E-state index in [0.29, 0.717) is 16.9 Å². The van der Waals surface area contributed by atoms with Crippen LogP contribution >= 0.6 is 0 Å². The number of amides is 1. The van der Waals surface area contributed by atoms with Gasteiger partial charge in [0.1, 0.15) is 5.75 Å². The minimum absolute atomic E-state index is 0.144. The number of ether oxygens (including phenoxy) is 2. The van der Waals surface area contributed by atoms with Crippen molar-refractivity contribution < 1.29 is 19.1 Å². The first-order valence-corrected chi connectivity index (χ1v) is 10.6. The summed E-state index contributed by atoms with van der Waals surface area (Å²) in [6.07, 6.45) is 5.70. The molecule has 1 aliphatic heterocycles. The predicted molar refractivity (Wildman–Crippen MR) is 132 cm³/mol. The monoisotopic (exact) mass is 451 g/mol. The highest BCUT2D eigenvalue weighted by atomic mass is 16.5. The fourth-order valence-electron chi connectivity index (χ4n) is 3.90. The van der Waals surface area contributed by atoms with Gasteiger partial charge in [0.25, 0.3) is 5.91 Å². The second kappa shape index (κ2) is 8.71. The number of H-pyrrole nitrogens is 1. The molecule has 0 radical (unpaired) electrons. The molecule has 0 atom stereocenters. The first kappa shape index (κ1) is 21.2. The van der Waals surface area contributed by atoms with E-state index in [2.05, 4.69) is 15.5 Å².